The molecule has 0 bridgehead atoms. The Morgan fingerprint density at radius 3 is 2.02 bits per heavy atom. The van der Waals surface area contributed by atoms with Crippen molar-refractivity contribution in [3.05, 3.63) is 156 Å². The summed E-state index contributed by atoms with van der Waals surface area (Å²) in [4.78, 5) is 8.68. The van der Waals surface area contributed by atoms with E-state index in [0.717, 1.165) is 17.0 Å². The zero-order valence-electron chi connectivity index (χ0n) is 28.9. The average Bonchev–Trinajstić information content (AvgIpc) is 3.08. The Kier molecular flexibility index (Phi) is 6.89. The molecular weight excluding hydrogens is 689 g/mol. The molecule has 7 aromatic rings. The second-order valence-corrected chi connectivity index (χ2v) is 9.77. The predicted octanol–water partition coefficient (Wildman–Crippen LogP) is 9.99. The van der Waals surface area contributed by atoms with Gasteiger partial charge in [0.1, 0.15) is 0 Å². The van der Waals surface area contributed by atoms with Crippen molar-refractivity contribution in [3.8, 4) is 33.6 Å². The van der Waals surface area contributed by atoms with E-state index in [1.807, 2.05) is 25.1 Å². The Morgan fingerprint density at radius 1 is 0.619 bits per heavy atom. The normalized spacial score (nSPS) is 13.3. The van der Waals surface area contributed by atoms with Crippen LogP contribution in [-0.2, 0) is 20.1 Å². The topological polar surface area (TPSA) is 25.8 Å². The molecule has 1 radical (unpaired) electrons. The first-order valence-corrected chi connectivity index (χ1v) is 13.3. The van der Waals surface area contributed by atoms with Crippen LogP contribution in [0.2, 0.25) is 0 Å². The van der Waals surface area contributed by atoms with E-state index in [2.05, 4.69) is 94.9 Å². The summed E-state index contributed by atoms with van der Waals surface area (Å²) in [5.74, 6) is 0. The van der Waals surface area contributed by atoms with Crippen LogP contribution in [-0.4, -0.2) is 9.97 Å². The monoisotopic (exact) mass is 725 g/mol. The maximum Gasteiger partial charge on any atom is 0.0280 e. The Morgan fingerprint density at radius 2 is 1.33 bits per heavy atom. The fraction of sp³-hybridized carbons (Fsp3) is 0.0769. The summed E-state index contributed by atoms with van der Waals surface area (Å²) < 4.78 is 43.6. The third-order valence-electron chi connectivity index (χ3n) is 6.91. The number of fused-ring (bicyclic) bond motifs is 3. The van der Waals surface area contributed by atoms with Gasteiger partial charge in [-0.3, -0.25) is 0 Å². The largest absolute Gasteiger partial charge is 0.304 e. The Bertz CT molecular complexity index is 2100. The molecule has 2 heterocycles. The molecule has 2 aromatic heterocycles. The van der Waals surface area contributed by atoms with Crippen LogP contribution in [0.1, 0.15) is 25.0 Å². The standard InChI is InChI=1S/C26H18N.C13H12N.Ir/c1-18-7-6-12-26(27-18)20-15-13-19(14-16-20)25-17-21-8-2-3-9-22(21)23-10-4-5-11-24(23)25;1-10-3-6-12(7-4-10)13-8-5-11(2)9-14-13;/h2-15,17H,1H3;3-6,8-9H,1-2H3;/q2*-1;/i;1D3,2D3;. The van der Waals surface area contributed by atoms with E-state index in [-0.39, 0.29) is 31.2 Å². The first-order chi connectivity index (χ1) is 22.5. The summed E-state index contributed by atoms with van der Waals surface area (Å²) in [5.41, 5.74) is 6.96. The van der Waals surface area contributed by atoms with Crippen molar-refractivity contribution in [2.75, 3.05) is 0 Å². The van der Waals surface area contributed by atoms with Crippen LogP contribution < -0.4 is 0 Å². The molecule has 3 heteroatoms. The molecule has 0 N–H and O–H groups in total. The van der Waals surface area contributed by atoms with Gasteiger partial charge in [-0.05, 0) is 58.3 Å². The van der Waals surface area contributed by atoms with Crippen molar-refractivity contribution < 1.29 is 28.3 Å². The molecule has 0 amide bonds. The molecule has 42 heavy (non-hydrogen) atoms. The van der Waals surface area contributed by atoms with E-state index in [0.29, 0.717) is 11.3 Å². The van der Waals surface area contributed by atoms with Crippen molar-refractivity contribution in [3.63, 3.8) is 0 Å². The van der Waals surface area contributed by atoms with Gasteiger partial charge in [0, 0.05) is 40.2 Å². The molecule has 5 aromatic carbocycles. The van der Waals surface area contributed by atoms with Gasteiger partial charge in [0.15, 0.2) is 0 Å². The zero-order valence-corrected chi connectivity index (χ0v) is 25.2. The van der Waals surface area contributed by atoms with Crippen LogP contribution in [0.3, 0.4) is 0 Å². The van der Waals surface area contributed by atoms with Gasteiger partial charge >= 0.3 is 0 Å². The first-order valence-electron chi connectivity index (χ1n) is 16.3. The number of pyridine rings is 2. The SMILES string of the molecule is Cc1cccc(-c2[c-]cc(-c3cc4ccccc4c4ccccc34)cc2)n1.[2H]C([2H])([2H])c1c[c-]c(-c2ccc(C([2H])([2H])[2H])cn2)cc1.[Ir]. The van der Waals surface area contributed by atoms with E-state index in [4.69, 9.17) is 8.22 Å². The molecule has 0 aliphatic rings. The third-order valence-corrected chi connectivity index (χ3v) is 6.91. The maximum absolute atomic E-state index is 7.28. The van der Waals surface area contributed by atoms with Crippen LogP contribution in [0.25, 0.3) is 55.2 Å². The third kappa shape index (κ3) is 6.39. The van der Waals surface area contributed by atoms with E-state index < -0.39 is 13.7 Å². The Hall–Kier alpha value is -4.43. The van der Waals surface area contributed by atoms with Gasteiger partial charge in [0.25, 0.3) is 0 Å². The molecule has 7 rings (SSSR count). The molecule has 2 nitrogen and oxygen atoms in total. The van der Waals surface area contributed by atoms with Gasteiger partial charge in [0.2, 0.25) is 0 Å². The van der Waals surface area contributed by atoms with Crippen LogP contribution in [0.4, 0.5) is 0 Å². The summed E-state index contributed by atoms with van der Waals surface area (Å²) >= 11 is 0. The molecule has 0 saturated heterocycles. The van der Waals surface area contributed by atoms with E-state index in [1.165, 1.54) is 57.1 Å². The molecule has 0 unspecified atom stereocenters. The van der Waals surface area contributed by atoms with Crippen LogP contribution in [0, 0.1) is 32.8 Å². The fourth-order valence-electron chi connectivity index (χ4n) is 4.88. The Balaban J connectivity index is 0.000000193. The summed E-state index contributed by atoms with van der Waals surface area (Å²) in [6.45, 7) is -2.33. The van der Waals surface area contributed by atoms with Gasteiger partial charge in [-0.15, -0.1) is 65.2 Å². The second-order valence-electron chi connectivity index (χ2n) is 9.77. The van der Waals surface area contributed by atoms with Crippen LogP contribution in [0.15, 0.2) is 128 Å². The molecule has 0 aliphatic carbocycles. The number of benzene rings is 5. The quantitative estimate of drug-likeness (QED) is 0.134. The van der Waals surface area contributed by atoms with E-state index in [9.17, 15) is 0 Å². The number of rotatable bonds is 3. The molecule has 0 atom stereocenters. The minimum absolute atomic E-state index is 0. The maximum atomic E-state index is 7.28. The molecule has 0 saturated carbocycles. The van der Waals surface area contributed by atoms with Gasteiger partial charge < -0.3 is 9.97 Å². The van der Waals surface area contributed by atoms with Gasteiger partial charge in [-0.1, -0.05) is 96.8 Å². The Labute approximate surface area is 269 Å². The zero-order chi connectivity index (χ0) is 33.2. The number of aryl methyl sites for hydroxylation is 3. The summed E-state index contributed by atoms with van der Waals surface area (Å²) in [7, 11) is 0. The van der Waals surface area contributed by atoms with Crippen molar-refractivity contribution in [1.29, 1.82) is 0 Å². The van der Waals surface area contributed by atoms with E-state index >= 15 is 0 Å². The second kappa shape index (κ2) is 13.0. The number of hydrogen-bond acceptors (Lipinski definition) is 2. The summed E-state index contributed by atoms with van der Waals surface area (Å²) in [5, 5.41) is 5.11. The molecule has 207 valence electrons. The van der Waals surface area contributed by atoms with Gasteiger partial charge in [-0.25, -0.2) is 0 Å². The molecule has 0 aliphatic heterocycles. The van der Waals surface area contributed by atoms with Crippen LogP contribution in [0.5, 0.6) is 0 Å². The van der Waals surface area contributed by atoms with Gasteiger partial charge in [-0.2, -0.15) is 0 Å². The molecule has 0 spiro atoms. The molecule has 0 fully saturated rings. The van der Waals surface area contributed by atoms with Crippen LogP contribution >= 0.6 is 0 Å². The number of hydrogen-bond donors (Lipinski definition) is 0. The molecular formula is C39H30IrN2-2. The predicted molar refractivity (Wildman–Crippen MR) is 172 cm³/mol. The summed E-state index contributed by atoms with van der Waals surface area (Å²) in [6, 6.07) is 45.8. The van der Waals surface area contributed by atoms with Gasteiger partial charge in [0.05, 0.1) is 0 Å². The smallest absolute Gasteiger partial charge is 0.0280 e. The average molecular weight is 725 g/mol. The van der Waals surface area contributed by atoms with Crippen molar-refractivity contribution in [1.82, 2.24) is 9.97 Å². The number of nitrogens with zero attached hydrogens (tertiary/aromatic N) is 2. The first kappa shape index (κ1) is 22.2. The van der Waals surface area contributed by atoms with Crippen molar-refractivity contribution in [2.45, 2.75) is 20.6 Å². The fourth-order valence-corrected chi connectivity index (χ4v) is 4.88. The van der Waals surface area contributed by atoms with Crippen molar-refractivity contribution >= 4 is 21.5 Å². The van der Waals surface area contributed by atoms with Crippen molar-refractivity contribution in [2.24, 2.45) is 0 Å². The minimum atomic E-state index is -2.18. The number of aromatic nitrogens is 2. The summed E-state index contributed by atoms with van der Waals surface area (Å²) in [6.07, 6.45) is 1.30. The van der Waals surface area contributed by atoms with E-state index in [1.54, 1.807) is 12.1 Å². The minimum Gasteiger partial charge on any atom is -0.304 e.